The van der Waals surface area contributed by atoms with E-state index in [9.17, 15) is 0 Å². The van der Waals surface area contributed by atoms with Gasteiger partial charge in [-0.05, 0) is 47.7 Å². The van der Waals surface area contributed by atoms with Crippen molar-refractivity contribution in [3.05, 3.63) is 46.5 Å². The van der Waals surface area contributed by atoms with Crippen LogP contribution in [0.4, 0.5) is 0 Å². The van der Waals surface area contributed by atoms with Gasteiger partial charge in [-0.2, -0.15) is 0 Å². The van der Waals surface area contributed by atoms with E-state index in [4.69, 9.17) is 11.6 Å². The number of aryl methyl sites for hydroxylation is 1. The van der Waals surface area contributed by atoms with Crippen LogP contribution in [0.15, 0.2) is 30.3 Å². The number of rotatable bonds is 1. The van der Waals surface area contributed by atoms with Gasteiger partial charge in [0.1, 0.15) is 11.0 Å². The maximum absolute atomic E-state index is 6.10. The van der Waals surface area contributed by atoms with Gasteiger partial charge < -0.3 is 0 Å². The first kappa shape index (κ1) is 14.2. The average Bonchev–Trinajstić information content (AvgIpc) is 3.07. The smallest absolute Gasteiger partial charge is 0.115 e. The summed E-state index contributed by atoms with van der Waals surface area (Å²) >= 11 is 6.10. The fourth-order valence-electron chi connectivity index (χ4n) is 3.09. The Balaban J connectivity index is 1.95. The first-order valence-electron chi connectivity index (χ1n) is 7.39. The minimum atomic E-state index is 0.119. The standard InChI is InChI=1S/C17H19ClN3P/c1-10-7-12(17(2,3)4)16(22)15(8-10)21-19-13-6-5-11(18)9-14(13)20(19)21/h5-9H,22H2,1-4H3. The molecule has 0 amide bonds. The summed E-state index contributed by atoms with van der Waals surface area (Å²) in [5.41, 5.74) is 6.34. The Labute approximate surface area is 136 Å². The van der Waals surface area contributed by atoms with Crippen LogP contribution in [0.2, 0.25) is 5.02 Å². The van der Waals surface area contributed by atoms with Crippen LogP contribution in [0.1, 0.15) is 31.9 Å². The summed E-state index contributed by atoms with van der Waals surface area (Å²) in [5, 5.41) is 2.03. The number of aromatic nitrogens is 3. The zero-order valence-electron chi connectivity index (χ0n) is 13.2. The average molecular weight is 332 g/mol. The van der Waals surface area contributed by atoms with E-state index in [1.807, 2.05) is 12.1 Å². The number of halogens is 1. The molecule has 22 heavy (non-hydrogen) atoms. The molecule has 2 aromatic carbocycles. The molecule has 0 fully saturated rings. The Kier molecular flexibility index (Phi) is 2.77. The lowest BCUT2D eigenvalue weighted by Gasteiger charge is -2.23. The molecule has 5 heteroatoms. The van der Waals surface area contributed by atoms with Crippen molar-refractivity contribution in [3.63, 3.8) is 0 Å². The molecular formula is C17H19ClN3P. The molecule has 0 aliphatic heterocycles. The van der Waals surface area contributed by atoms with Gasteiger partial charge in [-0.25, -0.2) is 0 Å². The SMILES string of the molecule is Cc1cc(-n2n3c4ccc(Cl)cc4n23)c(P)c(C(C)(C)C)c1. The number of hydrogen-bond acceptors (Lipinski definition) is 0. The van der Waals surface area contributed by atoms with Crippen molar-refractivity contribution in [2.24, 2.45) is 0 Å². The minimum Gasteiger partial charge on any atom is -0.150 e. The van der Waals surface area contributed by atoms with Crippen molar-refractivity contribution >= 4 is 37.2 Å². The van der Waals surface area contributed by atoms with Crippen molar-refractivity contribution in [2.45, 2.75) is 33.1 Å². The van der Waals surface area contributed by atoms with Crippen molar-refractivity contribution in [3.8, 4) is 5.69 Å². The lowest BCUT2D eigenvalue weighted by atomic mass is 9.86. The van der Waals surface area contributed by atoms with E-state index in [0.29, 0.717) is 0 Å². The summed E-state index contributed by atoms with van der Waals surface area (Å²) in [5.74, 6) is 0. The molecule has 1 unspecified atom stereocenters. The Morgan fingerprint density at radius 1 is 1.00 bits per heavy atom. The molecule has 3 nitrogen and oxygen atoms in total. The van der Waals surface area contributed by atoms with Gasteiger partial charge in [-0.1, -0.05) is 38.4 Å². The van der Waals surface area contributed by atoms with Crippen LogP contribution < -0.4 is 5.30 Å². The van der Waals surface area contributed by atoms with Crippen molar-refractivity contribution in [1.29, 1.82) is 0 Å². The first-order chi connectivity index (χ1) is 10.3. The van der Waals surface area contributed by atoms with Crippen LogP contribution in [0, 0.1) is 6.92 Å². The third kappa shape index (κ3) is 1.85. The van der Waals surface area contributed by atoms with Crippen LogP contribution in [-0.4, -0.2) is 14.1 Å². The maximum atomic E-state index is 6.10. The van der Waals surface area contributed by atoms with Gasteiger partial charge in [0.15, 0.2) is 0 Å². The molecule has 0 saturated carbocycles. The molecule has 0 bridgehead atoms. The Hall–Kier alpha value is -1.44. The lowest BCUT2D eigenvalue weighted by Crippen LogP contribution is -2.21. The maximum Gasteiger partial charge on any atom is 0.115 e. The highest BCUT2D eigenvalue weighted by Gasteiger charge is 2.27. The molecule has 0 aliphatic carbocycles. The van der Waals surface area contributed by atoms with Crippen molar-refractivity contribution < 1.29 is 0 Å². The molecule has 4 aromatic rings. The Bertz CT molecular complexity index is 997. The summed E-state index contributed by atoms with van der Waals surface area (Å²) in [4.78, 5) is 2.20. The Morgan fingerprint density at radius 2 is 1.68 bits per heavy atom. The van der Waals surface area contributed by atoms with Crippen LogP contribution in [0.5, 0.6) is 0 Å². The molecule has 1 atom stereocenters. The molecular weight excluding hydrogens is 313 g/mol. The molecule has 0 N–H and O–H groups in total. The third-order valence-corrected chi connectivity index (χ3v) is 5.04. The predicted molar refractivity (Wildman–Crippen MR) is 96.7 cm³/mol. The molecule has 114 valence electrons. The van der Waals surface area contributed by atoms with E-state index in [1.165, 1.54) is 27.6 Å². The van der Waals surface area contributed by atoms with E-state index in [-0.39, 0.29) is 5.41 Å². The zero-order valence-corrected chi connectivity index (χ0v) is 15.1. The van der Waals surface area contributed by atoms with E-state index in [0.717, 1.165) is 10.5 Å². The molecule has 0 radical (unpaired) electrons. The second-order valence-electron chi connectivity index (χ2n) is 7.00. The Morgan fingerprint density at radius 3 is 2.36 bits per heavy atom. The predicted octanol–water partition coefficient (Wildman–Crippen LogP) is 4.18. The van der Waals surface area contributed by atoms with E-state index in [2.05, 4.69) is 69.2 Å². The molecule has 4 rings (SSSR count). The second-order valence-corrected chi connectivity index (χ2v) is 8.01. The summed E-state index contributed by atoms with van der Waals surface area (Å²) in [6.45, 7) is 8.92. The van der Waals surface area contributed by atoms with Gasteiger partial charge in [0.25, 0.3) is 0 Å². The van der Waals surface area contributed by atoms with Crippen LogP contribution in [0.3, 0.4) is 0 Å². The van der Waals surface area contributed by atoms with E-state index in [1.54, 1.807) is 0 Å². The van der Waals surface area contributed by atoms with E-state index < -0.39 is 0 Å². The topological polar surface area (TPSA) is 13.8 Å². The fourth-order valence-corrected chi connectivity index (χ4v) is 3.97. The summed E-state index contributed by atoms with van der Waals surface area (Å²) in [7, 11) is 2.93. The zero-order chi connectivity index (χ0) is 15.8. The highest BCUT2D eigenvalue weighted by atomic mass is 35.5. The first-order valence-corrected chi connectivity index (χ1v) is 8.35. The largest absolute Gasteiger partial charge is 0.150 e. The van der Waals surface area contributed by atoms with Gasteiger partial charge in [-0.3, -0.25) is 0 Å². The van der Waals surface area contributed by atoms with Crippen molar-refractivity contribution in [2.75, 3.05) is 0 Å². The number of fused-ring (bicyclic) bond motifs is 4. The quantitative estimate of drug-likeness (QED) is 0.464. The third-order valence-electron chi connectivity index (χ3n) is 4.20. The van der Waals surface area contributed by atoms with Gasteiger partial charge in [0.05, 0.1) is 5.69 Å². The van der Waals surface area contributed by atoms with Crippen LogP contribution >= 0.6 is 20.8 Å². The highest BCUT2D eigenvalue weighted by molar-refractivity contribution is 7.28. The molecule has 2 aromatic heterocycles. The van der Waals surface area contributed by atoms with Gasteiger partial charge >= 0.3 is 0 Å². The number of benzene rings is 2. The van der Waals surface area contributed by atoms with Gasteiger partial charge in [0, 0.05) is 10.3 Å². The molecule has 0 saturated heterocycles. The number of hydrogen-bond donors (Lipinski definition) is 0. The summed E-state index contributed by atoms with van der Waals surface area (Å²) < 4.78 is 4.32. The second kappa shape index (κ2) is 4.31. The fraction of sp³-hybridized carbons (Fsp3) is 0.294. The number of nitrogens with zero attached hydrogens (tertiary/aromatic N) is 3. The monoisotopic (exact) mass is 331 g/mol. The lowest BCUT2D eigenvalue weighted by molar-refractivity contribution is 0.593. The molecule has 2 heterocycles. The van der Waals surface area contributed by atoms with Gasteiger partial charge in [-0.15, -0.1) is 23.3 Å². The highest BCUT2D eigenvalue weighted by Crippen LogP contribution is 2.31. The van der Waals surface area contributed by atoms with Crippen molar-refractivity contribution in [1.82, 2.24) is 14.1 Å². The van der Waals surface area contributed by atoms with Gasteiger partial charge in [0.2, 0.25) is 0 Å². The summed E-state index contributed by atoms with van der Waals surface area (Å²) in [6, 6.07) is 10.5. The van der Waals surface area contributed by atoms with E-state index >= 15 is 0 Å². The summed E-state index contributed by atoms with van der Waals surface area (Å²) in [6.07, 6.45) is 0. The molecule has 0 spiro atoms. The minimum absolute atomic E-state index is 0.119. The molecule has 0 aliphatic rings. The van der Waals surface area contributed by atoms with Crippen LogP contribution in [0.25, 0.3) is 16.7 Å². The van der Waals surface area contributed by atoms with Crippen LogP contribution in [-0.2, 0) is 5.41 Å². The normalized spacial score (nSPS) is 13.0.